The molecule has 0 saturated carbocycles. The van der Waals surface area contributed by atoms with Crippen LogP contribution in [0.3, 0.4) is 0 Å². The highest BCUT2D eigenvalue weighted by molar-refractivity contribution is 5.93. The van der Waals surface area contributed by atoms with Gasteiger partial charge in [0.05, 0.1) is 5.52 Å². The summed E-state index contributed by atoms with van der Waals surface area (Å²) in [5.41, 5.74) is 3.90. The van der Waals surface area contributed by atoms with Gasteiger partial charge in [-0.2, -0.15) is 0 Å². The Morgan fingerprint density at radius 2 is 1.71 bits per heavy atom. The molecule has 1 fully saturated rings. The van der Waals surface area contributed by atoms with Gasteiger partial charge in [0.25, 0.3) is 0 Å². The van der Waals surface area contributed by atoms with Crippen LogP contribution < -0.4 is 4.90 Å². The second-order valence-electron chi connectivity index (χ2n) is 10.4. The summed E-state index contributed by atoms with van der Waals surface area (Å²) in [4.78, 5) is 22.3. The molecule has 5 rings (SSSR count). The Bertz CT molecular complexity index is 1340. The van der Waals surface area contributed by atoms with Gasteiger partial charge in [-0.25, -0.2) is 9.38 Å². The standard InChI is InChI=1S/C27H32N6O/c1-19-10-12-20(13-11-19)24-29-30-25-21-8-5-6-9-22(21)28-26(33(24)25)32-15-7-14-31(16-17-32)23(34)18-27(2,3)4/h5-6,8-13H,7,14-18H2,1-4H3. The summed E-state index contributed by atoms with van der Waals surface area (Å²) in [6.07, 6.45) is 1.46. The maximum absolute atomic E-state index is 12.9. The predicted octanol–water partition coefficient (Wildman–Crippen LogP) is 4.73. The van der Waals surface area contributed by atoms with E-state index in [-0.39, 0.29) is 11.3 Å². The van der Waals surface area contributed by atoms with Crippen molar-refractivity contribution in [3.8, 4) is 11.4 Å². The Hall–Kier alpha value is -3.48. The maximum atomic E-state index is 12.9. The number of rotatable bonds is 3. The molecule has 0 bridgehead atoms. The third-order valence-corrected chi connectivity index (χ3v) is 6.35. The summed E-state index contributed by atoms with van der Waals surface area (Å²) >= 11 is 0. The average Bonchev–Trinajstić information content (AvgIpc) is 3.09. The second kappa shape index (κ2) is 8.70. The van der Waals surface area contributed by atoms with E-state index in [1.54, 1.807) is 0 Å². The van der Waals surface area contributed by atoms with Gasteiger partial charge in [0.2, 0.25) is 11.9 Å². The quantitative estimate of drug-likeness (QED) is 0.446. The first-order chi connectivity index (χ1) is 16.3. The number of anilines is 1. The van der Waals surface area contributed by atoms with Crippen LogP contribution in [0.1, 0.15) is 39.2 Å². The Morgan fingerprint density at radius 1 is 0.941 bits per heavy atom. The van der Waals surface area contributed by atoms with Crippen LogP contribution in [-0.4, -0.2) is 56.6 Å². The van der Waals surface area contributed by atoms with Crippen LogP contribution in [0.5, 0.6) is 0 Å². The number of carbonyl (C=O) groups excluding carboxylic acids is 1. The van der Waals surface area contributed by atoms with E-state index >= 15 is 0 Å². The number of carbonyl (C=O) groups is 1. The lowest BCUT2D eigenvalue weighted by molar-refractivity contribution is -0.132. The first-order valence-corrected chi connectivity index (χ1v) is 12.0. The molecule has 0 aliphatic carbocycles. The first-order valence-electron chi connectivity index (χ1n) is 12.0. The molecule has 1 amide bonds. The van der Waals surface area contributed by atoms with E-state index < -0.39 is 0 Å². The Morgan fingerprint density at radius 3 is 2.47 bits per heavy atom. The van der Waals surface area contributed by atoms with Crippen LogP contribution in [0.4, 0.5) is 5.95 Å². The molecule has 1 aliphatic rings. The van der Waals surface area contributed by atoms with E-state index in [4.69, 9.17) is 4.98 Å². The number of hydrogen-bond donors (Lipinski definition) is 0. The molecular formula is C27H32N6O. The normalized spacial score (nSPS) is 15.2. The zero-order valence-corrected chi connectivity index (χ0v) is 20.5. The van der Waals surface area contributed by atoms with Gasteiger partial charge in [-0.05, 0) is 30.9 Å². The lowest BCUT2D eigenvalue weighted by Gasteiger charge is -2.26. The molecule has 0 unspecified atom stereocenters. The summed E-state index contributed by atoms with van der Waals surface area (Å²) in [6.45, 7) is 11.4. The van der Waals surface area contributed by atoms with Gasteiger partial charge >= 0.3 is 0 Å². The van der Waals surface area contributed by atoms with E-state index in [1.165, 1.54) is 5.56 Å². The van der Waals surface area contributed by atoms with Crippen LogP contribution in [0.25, 0.3) is 27.9 Å². The van der Waals surface area contributed by atoms with Crippen molar-refractivity contribution < 1.29 is 4.79 Å². The SMILES string of the molecule is Cc1ccc(-c2nnc3c4ccccc4nc(N4CCCN(C(=O)CC(C)(C)C)CC4)n23)cc1. The van der Waals surface area contributed by atoms with Crippen molar-refractivity contribution in [2.24, 2.45) is 5.41 Å². The molecule has 0 radical (unpaired) electrons. The van der Waals surface area contributed by atoms with Gasteiger partial charge in [-0.15, -0.1) is 10.2 Å². The number of benzene rings is 2. The van der Waals surface area contributed by atoms with Gasteiger partial charge < -0.3 is 9.80 Å². The van der Waals surface area contributed by atoms with Crippen molar-refractivity contribution >= 4 is 28.4 Å². The number of aryl methyl sites for hydroxylation is 1. The molecular weight excluding hydrogens is 424 g/mol. The van der Waals surface area contributed by atoms with Crippen molar-refractivity contribution in [3.05, 3.63) is 54.1 Å². The average molecular weight is 457 g/mol. The van der Waals surface area contributed by atoms with E-state index in [2.05, 4.69) is 71.5 Å². The maximum Gasteiger partial charge on any atom is 0.223 e. The van der Waals surface area contributed by atoms with Gasteiger partial charge in [0, 0.05) is 43.5 Å². The fourth-order valence-electron chi connectivity index (χ4n) is 4.60. The van der Waals surface area contributed by atoms with Gasteiger partial charge in [0.1, 0.15) is 0 Å². The molecule has 7 heteroatoms. The molecule has 7 nitrogen and oxygen atoms in total. The second-order valence-corrected chi connectivity index (χ2v) is 10.4. The minimum absolute atomic E-state index is 0.0133. The van der Waals surface area contributed by atoms with Crippen molar-refractivity contribution in [3.63, 3.8) is 0 Å². The van der Waals surface area contributed by atoms with Crippen molar-refractivity contribution in [1.29, 1.82) is 0 Å². The number of fused-ring (bicyclic) bond motifs is 3. The van der Waals surface area contributed by atoms with Crippen LogP contribution in [0.15, 0.2) is 48.5 Å². The molecule has 3 heterocycles. The van der Waals surface area contributed by atoms with Gasteiger partial charge in [0.15, 0.2) is 11.5 Å². The molecule has 1 saturated heterocycles. The Kier molecular flexibility index (Phi) is 5.71. The van der Waals surface area contributed by atoms with Crippen molar-refractivity contribution in [2.75, 3.05) is 31.1 Å². The number of nitrogens with zero attached hydrogens (tertiary/aromatic N) is 6. The summed E-state index contributed by atoms with van der Waals surface area (Å²) in [7, 11) is 0. The molecule has 0 N–H and O–H groups in total. The highest BCUT2D eigenvalue weighted by Crippen LogP contribution is 2.29. The van der Waals surface area contributed by atoms with Crippen LogP contribution >= 0.6 is 0 Å². The highest BCUT2D eigenvalue weighted by atomic mass is 16.2. The van der Waals surface area contributed by atoms with E-state index in [9.17, 15) is 4.79 Å². The summed E-state index contributed by atoms with van der Waals surface area (Å²) in [5.74, 6) is 1.85. The monoisotopic (exact) mass is 456 g/mol. The number of hydrogen-bond acceptors (Lipinski definition) is 5. The van der Waals surface area contributed by atoms with Crippen LogP contribution in [0.2, 0.25) is 0 Å². The molecule has 2 aromatic heterocycles. The summed E-state index contributed by atoms with van der Waals surface area (Å²) in [6, 6.07) is 16.4. The molecule has 34 heavy (non-hydrogen) atoms. The fraction of sp³-hybridized carbons (Fsp3) is 0.407. The van der Waals surface area contributed by atoms with E-state index in [0.717, 1.165) is 59.9 Å². The summed E-state index contributed by atoms with van der Waals surface area (Å²) in [5, 5.41) is 10.2. The minimum Gasteiger partial charge on any atom is -0.341 e. The molecule has 2 aromatic carbocycles. The van der Waals surface area contributed by atoms with Crippen molar-refractivity contribution in [2.45, 2.75) is 40.5 Å². The molecule has 0 spiro atoms. The molecule has 176 valence electrons. The topological polar surface area (TPSA) is 66.6 Å². The van der Waals surface area contributed by atoms with Crippen LogP contribution in [-0.2, 0) is 4.79 Å². The summed E-state index contributed by atoms with van der Waals surface area (Å²) < 4.78 is 2.08. The lowest BCUT2D eigenvalue weighted by atomic mass is 9.91. The van der Waals surface area contributed by atoms with Gasteiger partial charge in [-0.1, -0.05) is 62.7 Å². The largest absolute Gasteiger partial charge is 0.341 e. The smallest absolute Gasteiger partial charge is 0.223 e. The number of aromatic nitrogens is 4. The zero-order chi connectivity index (χ0) is 23.9. The Balaban J connectivity index is 1.56. The fourth-order valence-corrected chi connectivity index (χ4v) is 4.60. The third-order valence-electron chi connectivity index (χ3n) is 6.35. The minimum atomic E-state index is -0.0133. The van der Waals surface area contributed by atoms with Crippen LogP contribution in [0, 0.1) is 12.3 Å². The third kappa shape index (κ3) is 4.34. The molecule has 1 aliphatic heterocycles. The first kappa shape index (κ1) is 22.3. The zero-order valence-electron chi connectivity index (χ0n) is 20.5. The van der Waals surface area contributed by atoms with E-state index in [0.29, 0.717) is 13.0 Å². The van der Waals surface area contributed by atoms with E-state index in [1.807, 2.05) is 29.2 Å². The number of para-hydroxylation sites is 1. The predicted molar refractivity (Wildman–Crippen MR) is 136 cm³/mol. The molecule has 4 aromatic rings. The Labute approximate surface area is 200 Å². The van der Waals surface area contributed by atoms with Crippen molar-refractivity contribution in [1.82, 2.24) is 24.5 Å². The van der Waals surface area contributed by atoms with Gasteiger partial charge in [-0.3, -0.25) is 4.79 Å². The molecule has 0 atom stereocenters. The highest BCUT2D eigenvalue weighted by Gasteiger charge is 2.26. The lowest BCUT2D eigenvalue weighted by Crippen LogP contribution is -2.37. The number of amides is 1.